The Labute approximate surface area is 106 Å². The summed E-state index contributed by atoms with van der Waals surface area (Å²) in [6, 6.07) is 0.769. The average molecular weight is 255 g/mol. The van der Waals surface area contributed by atoms with Crippen LogP contribution < -0.4 is 11.1 Å². The predicted molar refractivity (Wildman–Crippen MR) is 68.2 cm³/mol. The van der Waals surface area contributed by atoms with Crippen LogP contribution in [0.15, 0.2) is 6.07 Å². The Kier molecular flexibility index (Phi) is 4.33. The van der Waals surface area contributed by atoms with Gasteiger partial charge in [0.2, 0.25) is 0 Å². The van der Waals surface area contributed by atoms with Crippen molar-refractivity contribution in [1.82, 2.24) is 4.98 Å². The maximum absolute atomic E-state index is 13.4. The van der Waals surface area contributed by atoms with Crippen molar-refractivity contribution >= 4 is 11.6 Å². The molecule has 0 amide bonds. The molecule has 18 heavy (non-hydrogen) atoms. The molecule has 1 saturated carbocycles. The molecule has 1 aliphatic rings. The third-order valence-electron chi connectivity index (χ3n) is 3.53. The van der Waals surface area contributed by atoms with Crippen LogP contribution in [-0.4, -0.2) is 11.5 Å². The first kappa shape index (κ1) is 13.1. The van der Waals surface area contributed by atoms with Crippen LogP contribution in [0.3, 0.4) is 0 Å². The molecule has 0 aliphatic heterocycles. The lowest BCUT2D eigenvalue weighted by atomic mass is 9.87. The normalized spacial score (nSPS) is 16.8. The summed E-state index contributed by atoms with van der Waals surface area (Å²) in [5, 5.41) is 2.90. The molecule has 100 valence electrons. The van der Waals surface area contributed by atoms with Crippen LogP contribution in [0.4, 0.5) is 20.4 Å². The maximum Gasteiger partial charge on any atom is 0.168 e. The number of hydrogen-bond acceptors (Lipinski definition) is 3. The lowest BCUT2D eigenvalue weighted by molar-refractivity contribution is 0.345. The first-order chi connectivity index (χ1) is 8.66. The molecule has 1 fully saturated rings. The van der Waals surface area contributed by atoms with Crippen molar-refractivity contribution in [3.63, 3.8) is 0 Å². The number of rotatable bonds is 4. The Morgan fingerprint density at radius 1 is 1.22 bits per heavy atom. The molecule has 0 spiro atoms. The number of nitrogen functional groups attached to an aromatic ring is 1. The van der Waals surface area contributed by atoms with Crippen molar-refractivity contribution in [1.29, 1.82) is 0 Å². The summed E-state index contributed by atoms with van der Waals surface area (Å²) < 4.78 is 26.3. The molecule has 0 bridgehead atoms. The van der Waals surface area contributed by atoms with Gasteiger partial charge in [-0.25, -0.2) is 13.8 Å². The van der Waals surface area contributed by atoms with Gasteiger partial charge in [-0.1, -0.05) is 32.1 Å². The summed E-state index contributed by atoms with van der Waals surface area (Å²) in [4.78, 5) is 3.67. The number of aromatic nitrogens is 1. The van der Waals surface area contributed by atoms with Crippen LogP contribution in [0, 0.1) is 17.6 Å². The van der Waals surface area contributed by atoms with Crippen molar-refractivity contribution in [3.05, 3.63) is 17.7 Å². The van der Waals surface area contributed by atoms with Gasteiger partial charge in [0.05, 0.1) is 0 Å². The SMILES string of the molecule is Nc1nc(NCCC2CCCCC2)c(F)cc1F. The second kappa shape index (κ2) is 5.98. The highest BCUT2D eigenvalue weighted by atomic mass is 19.1. The largest absolute Gasteiger partial charge is 0.381 e. The minimum absolute atomic E-state index is 0.0460. The van der Waals surface area contributed by atoms with Crippen LogP contribution in [-0.2, 0) is 0 Å². The van der Waals surface area contributed by atoms with Gasteiger partial charge < -0.3 is 11.1 Å². The maximum atomic E-state index is 13.4. The number of nitrogens with two attached hydrogens (primary N) is 1. The molecule has 0 radical (unpaired) electrons. The monoisotopic (exact) mass is 255 g/mol. The van der Waals surface area contributed by atoms with Crippen molar-refractivity contribution in [2.45, 2.75) is 38.5 Å². The van der Waals surface area contributed by atoms with E-state index in [-0.39, 0.29) is 11.6 Å². The number of hydrogen-bond donors (Lipinski definition) is 2. The molecule has 2 rings (SSSR count). The van der Waals surface area contributed by atoms with E-state index in [0.717, 1.165) is 12.5 Å². The number of pyridine rings is 1. The van der Waals surface area contributed by atoms with E-state index in [2.05, 4.69) is 10.3 Å². The molecule has 0 aromatic carbocycles. The van der Waals surface area contributed by atoms with Gasteiger partial charge in [-0.2, -0.15) is 0 Å². The zero-order valence-corrected chi connectivity index (χ0v) is 10.4. The Balaban J connectivity index is 1.84. The zero-order chi connectivity index (χ0) is 13.0. The van der Waals surface area contributed by atoms with E-state index in [4.69, 9.17) is 5.73 Å². The fraction of sp³-hybridized carbons (Fsp3) is 0.615. The zero-order valence-electron chi connectivity index (χ0n) is 10.4. The highest BCUT2D eigenvalue weighted by molar-refractivity contribution is 5.44. The van der Waals surface area contributed by atoms with Gasteiger partial charge in [0, 0.05) is 12.6 Å². The third kappa shape index (κ3) is 3.31. The summed E-state index contributed by atoms with van der Waals surface area (Å²) in [6.45, 7) is 0.652. The number of anilines is 2. The van der Waals surface area contributed by atoms with E-state index in [1.165, 1.54) is 32.1 Å². The summed E-state index contributed by atoms with van der Waals surface area (Å²) in [7, 11) is 0. The molecule has 0 unspecified atom stereocenters. The van der Waals surface area contributed by atoms with Gasteiger partial charge in [0.25, 0.3) is 0 Å². The highest BCUT2D eigenvalue weighted by Crippen LogP contribution is 2.26. The molecule has 1 aromatic heterocycles. The number of nitrogens with zero attached hydrogens (tertiary/aromatic N) is 1. The smallest absolute Gasteiger partial charge is 0.168 e. The Bertz CT molecular complexity index is 403. The van der Waals surface area contributed by atoms with E-state index in [9.17, 15) is 8.78 Å². The number of nitrogens with one attached hydrogen (secondary N) is 1. The van der Waals surface area contributed by atoms with Crippen LogP contribution in [0.5, 0.6) is 0 Å². The van der Waals surface area contributed by atoms with E-state index in [1.54, 1.807) is 0 Å². The van der Waals surface area contributed by atoms with Crippen molar-refractivity contribution in [3.8, 4) is 0 Å². The van der Waals surface area contributed by atoms with Gasteiger partial charge >= 0.3 is 0 Å². The molecule has 3 N–H and O–H groups in total. The van der Waals surface area contributed by atoms with E-state index in [1.807, 2.05) is 0 Å². The second-order valence-corrected chi connectivity index (χ2v) is 4.91. The average Bonchev–Trinajstić information content (AvgIpc) is 2.37. The van der Waals surface area contributed by atoms with Crippen LogP contribution >= 0.6 is 0 Å². The third-order valence-corrected chi connectivity index (χ3v) is 3.53. The summed E-state index contributed by atoms with van der Waals surface area (Å²) in [6.07, 6.45) is 7.42. The molecule has 1 heterocycles. The Morgan fingerprint density at radius 3 is 2.67 bits per heavy atom. The Morgan fingerprint density at radius 2 is 1.94 bits per heavy atom. The van der Waals surface area contributed by atoms with Gasteiger partial charge in [0.15, 0.2) is 23.3 Å². The summed E-state index contributed by atoms with van der Waals surface area (Å²) >= 11 is 0. The van der Waals surface area contributed by atoms with Crippen molar-refractivity contribution < 1.29 is 8.78 Å². The van der Waals surface area contributed by atoms with Gasteiger partial charge in [-0.3, -0.25) is 0 Å². The summed E-state index contributed by atoms with van der Waals surface area (Å²) in [5.41, 5.74) is 5.31. The molecule has 0 saturated heterocycles. The lowest BCUT2D eigenvalue weighted by Gasteiger charge is -2.21. The van der Waals surface area contributed by atoms with Crippen LogP contribution in [0.2, 0.25) is 0 Å². The van der Waals surface area contributed by atoms with Crippen molar-refractivity contribution in [2.75, 3.05) is 17.6 Å². The topological polar surface area (TPSA) is 50.9 Å². The molecule has 1 aliphatic carbocycles. The quantitative estimate of drug-likeness (QED) is 0.867. The van der Waals surface area contributed by atoms with E-state index < -0.39 is 11.6 Å². The molecular weight excluding hydrogens is 236 g/mol. The van der Waals surface area contributed by atoms with E-state index >= 15 is 0 Å². The highest BCUT2D eigenvalue weighted by Gasteiger charge is 2.14. The predicted octanol–water partition coefficient (Wildman–Crippen LogP) is 3.32. The second-order valence-electron chi connectivity index (χ2n) is 4.91. The molecule has 3 nitrogen and oxygen atoms in total. The minimum Gasteiger partial charge on any atom is -0.381 e. The van der Waals surface area contributed by atoms with Gasteiger partial charge in [0.1, 0.15) is 0 Å². The fourth-order valence-corrected chi connectivity index (χ4v) is 2.48. The van der Waals surface area contributed by atoms with Gasteiger partial charge in [-0.05, 0) is 12.3 Å². The summed E-state index contributed by atoms with van der Waals surface area (Å²) in [5.74, 6) is -1.01. The molecule has 1 aromatic rings. The molecule has 5 heteroatoms. The Hall–Kier alpha value is -1.39. The van der Waals surface area contributed by atoms with E-state index in [0.29, 0.717) is 12.5 Å². The van der Waals surface area contributed by atoms with Crippen LogP contribution in [0.1, 0.15) is 38.5 Å². The van der Waals surface area contributed by atoms with Crippen LogP contribution in [0.25, 0.3) is 0 Å². The lowest BCUT2D eigenvalue weighted by Crippen LogP contribution is -2.14. The fourth-order valence-electron chi connectivity index (χ4n) is 2.48. The van der Waals surface area contributed by atoms with Crippen molar-refractivity contribution in [2.24, 2.45) is 5.92 Å². The first-order valence-electron chi connectivity index (χ1n) is 6.52. The molecular formula is C13H19F2N3. The van der Waals surface area contributed by atoms with Gasteiger partial charge in [-0.15, -0.1) is 0 Å². The standard InChI is InChI=1S/C13H19F2N3/c14-10-8-11(15)13(18-12(10)16)17-7-6-9-4-2-1-3-5-9/h8-9H,1-7H2,(H3,16,17,18). The number of halogens is 2. The minimum atomic E-state index is -0.815. The molecule has 0 atom stereocenters. The first-order valence-corrected chi connectivity index (χ1v) is 6.52.